The Kier molecular flexibility index (Phi) is 3.70. The molecule has 5 nitrogen and oxygen atoms in total. The largest absolute Gasteiger partial charge is 0.466 e. The van der Waals surface area contributed by atoms with Gasteiger partial charge in [0.1, 0.15) is 0 Å². The molecule has 22 heavy (non-hydrogen) atoms. The maximum atomic E-state index is 12.6. The highest BCUT2D eigenvalue weighted by Gasteiger charge is 2.32. The summed E-state index contributed by atoms with van der Waals surface area (Å²) in [4.78, 5) is 29.9. The number of methoxy groups -OCH3 is 1. The van der Waals surface area contributed by atoms with Gasteiger partial charge in [0.2, 0.25) is 0 Å². The van der Waals surface area contributed by atoms with Crippen LogP contribution in [0.3, 0.4) is 0 Å². The summed E-state index contributed by atoms with van der Waals surface area (Å²) in [5.41, 5.74) is 2.80. The van der Waals surface area contributed by atoms with Crippen molar-refractivity contribution >= 4 is 23.1 Å². The molecule has 0 unspecified atom stereocenters. The molecule has 110 valence electrons. The first-order valence-corrected chi connectivity index (χ1v) is 6.80. The lowest BCUT2D eigenvalue weighted by atomic mass is 10.1. The third-order valence-electron chi connectivity index (χ3n) is 3.49. The van der Waals surface area contributed by atoms with Crippen molar-refractivity contribution in [1.29, 1.82) is 0 Å². The number of pyridine rings is 1. The summed E-state index contributed by atoms with van der Waals surface area (Å²) in [5, 5.41) is 0. The lowest BCUT2D eigenvalue weighted by Gasteiger charge is -2.16. The summed E-state index contributed by atoms with van der Waals surface area (Å²) in [7, 11) is 1.29. The molecule has 0 saturated heterocycles. The predicted molar refractivity (Wildman–Crippen MR) is 81.9 cm³/mol. The van der Waals surface area contributed by atoms with Gasteiger partial charge >= 0.3 is 5.97 Å². The van der Waals surface area contributed by atoms with Crippen LogP contribution in [0.15, 0.2) is 54.9 Å². The number of para-hydroxylation sites is 1. The summed E-state index contributed by atoms with van der Waals surface area (Å²) in [6, 6.07) is 11.1. The average Bonchev–Trinajstić information content (AvgIpc) is 2.82. The molecule has 1 aliphatic rings. The number of esters is 1. The minimum absolute atomic E-state index is 0.213. The number of ether oxygens (including phenoxy) is 1. The van der Waals surface area contributed by atoms with Crippen molar-refractivity contribution < 1.29 is 14.3 Å². The normalized spacial score (nSPS) is 15.0. The van der Waals surface area contributed by atoms with E-state index in [4.69, 9.17) is 0 Å². The van der Waals surface area contributed by atoms with Gasteiger partial charge in [-0.2, -0.15) is 0 Å². The van der Waals surface area contributed by atoms with E-state index in [1.807, 2.05) is 36.4 Å². The van der Waals surface area contributed by atoms with Crippen LogP contribution in [0.2, 0.25) is 0 Å². The Morgan fingerprint density at radius 3 is 2.82 bits per heavy atom. The van der Waals surface area contributed by atoms with Crippen LogP contribution in [-0.4, -0.2) is 24.0 Å². The molecular weight excluding hydrogens is 280 g/mol. The molecule has 2 aromatic rings. The molecular formula is C17H14N2O3. The van der Waals surface area contributed by atoms with Gasteiger partial charge < -0.3 is 9.64 Å². The van der Waals surface area contributed by atoms with Crippen LogP contribution in [-0.2, 0) is 20.9 Å². The number of hydrogen-bond donors (Lipinski definition) is 0. The Morgan fingerprint density at radius 1 is 1.27 bits per heavy atom. The second-order valence-electron chi connectivity index (χ2n) is 4.85. The van der Waals surface area contributed by atoms with Crippen LogP contribution in [0.5, 0.6) is 0 Å². The average molecular weight is 294 g/mol. The SMILES string of the molecule is COC(=O)/C=C1/C(=O)N(Cc2cccnc2)c2ccccc21. The van der Waals surface area contributed by atoms with Crippen LogP contribution >= 0.6 is 0 Å². The maximum Gasteiger partial charge on any atom is 0.331 e. The molecule has 3 rings (SSSR count). The van der Waals surface area contributed by atoms with Crippen molar-refractivity contribution in [3.05, 3.63) is 66.0 Å². The second kappa shape index (κ2) is 5.81. The molecule has 0 spiro atoms. The molecule has 0 bridgehead atoms. The highest BCUT2D eigenvalue weighted by Crippen LogP contribution is 2.37. The molecule has 5 heteroatoms. The summed E-state index contributed by atoms with van der Waals surface area (Å²) in [6.07, 6.45) is 4.65. The van der Waals surface area contributed by atoms with Crippen LogP contribution in [0.1, 0.15) is 11.1 Å². The number of carbonyl (C=O) groups is 2. The third kappa shape index (κ3) is 2.48. The molecule has 1 aromatic heterocycles. The minimum Gasteiger partial charge on any atom is -0.466 e. The zero-order valence-corrected chi connectivity index (χ0v) is 12.0. The van der Waals surface area contributed by atoms with Gasteiger partial charge in [0.15, 0.2) is 0 Å². The van der Waals surface area contributed by atoms with E-state index in [1.165, 1.54) is 13.2 Å². The summed E-state index contributed by atoms with van der Waals surface area (Å²) < 4.78 is 4.63. The van der Waals surface area contributed by atoms with Crippen molar-refractivity contribution in [2.75, 3.05) is 12.0 Å². The van der Waals surface area contributed by atoms with Gasteiger partial charge in [0.05, 0.1) is 24.9 Å². The Morgan fingerprint density at radius 2 is 2.09 bits per heavy atom. The van der Waals surface area contributed by atoms with Crippen molar-refractivity contribution in [3.63, 3.8) is 0 Å². The molecule has 0 atom stereocenters. The van der Waals surface area contributed by atoms with Crippen molar-refractivity contribution in [1.82, 2.24) is 4.98 Å². The molecule has 1 aliphatic heterocycles. The second-order valence-corrected chi connectivity index (χ2v) is 4.85. The highest BCUT2D eigenvalue weighted by atomic mass is 16.5. The van der Waals surface area contributed by atoms with Crippen LogP contribution in [0.25, 0.3) is 5.57 Å². The van der Waals surface area contributed by atoms with Gasteiger partial charge in [-0.25, -0.2) is 4.79 Å². The van der Waals surface area contributed by atoms with Crippen LogP contribution < -0.4 is 4.90 Å². The zero-order chi connectivity index (χ0) is 15.5. The molecule has 0 N–H and O–H groups in total. The number of hydrogen-bond acceptors (Lipinski definition) is 4. The van der Waals surface area contributed by atoms with E-state index in [2.05, 4.69) is 9.72 Å². The number of nitrogens with zero attached hydrogens (tertiary/aromatic N) is 2. The predicted octanol–water partition coefficient (Wildman–Crippen LogP) is 2.18. The monoisotopic (exact) mass is 294 g/mol. The fourth-order valence-corrected chi connectivity index (χ4v) is 2.45. The molecule has 0 fully saturated rings. The van der Waals surface area contributed by atoms with E-state index in [-0.39, 0.29) is 5.91 Å². The number of fused-ring (bicyclic) bond motifs is 1. The molecule has 0 saturated carbocycles. The number of amides is 1. The lowest BCUT2D eigenvalue weighted by molar-refractivity contribution is -0.135. The third-order valence-corrected chi connectivity index (χ3v) is 3.49. The van der Waals surface area contributed by atoms with Gasteiger partial charge in [-0.05, 0) is 17.7 Å². The highest BCUT2D eigenvalue weighted by molar-refractivity contribution is 6.34. The van der Waals surface area contributed by atoms with E-state index in [9.17, 15) is 9.59 Å². The summed E-state index contributed by atoms with van der Waals surface area (Å²) >= 11 is 0. The number of anilines is 1. The fourth-order valence-electron chi connectivity index (χ4n) is 2.45. The lowest BCUT2D eigenvalue weighted by Crippen LogP contribution is -2.26. The van der Waals surface area contributed by atoms with Gasteiger partial charge in [0, 0.05) is 24.0 Å². The Bertz CT molecular complexity index is 754. The first-order valence-electron chi connectivity index (χ1n) is 6.80. The smallest absolute Gasteiger partial charge is 0.331 e. The summed E-state index contributed by atoms with van der Waals surface area (Å²) in [6.45, 7) is 0.405. The number of aromatic nitrogens is 1. The topological polar surface area (TPSA) is 59.5 Å². The standard InChI is InChI=1S/C17H14N2O3/c1-22-16(20)9-14-13-6-2-3-7-15(13)19(17(14)21)11-12-5-4-8-18-10-12/h2-10H,11H2,1H3/b14-9+. The molecule has 1 aromatic carbocycles. The number of rotatable bonds is 3. The minimum atomic E-state index is -0.540. The molecule has 2 heterocycles. The van der Waals surface area contributed by atoms with Crippen molar-refractivity contribution in [2.24, 2.45) is 0 Å². The van der Waals surface area contributed by atoms with Crippen LogP contribution in [0.4, 0.5) is 5.69 Å². The molecule has 0 aliphatic carbocycles. The fraction of sp³-hybridized carbons (Fsp3) is 0.118. The van der Waals surface area contributed by atoms with Gasteiger partial charge in [0.25, 0.3) is 5.91 Å². The summed E-state index contributed by atoms with van der Waals surface area (Å²) in [5.74, 6) is -0.753. The first-order chi connectivity index (χ1) is 10.7. The number of benzene rings is 1. The number of carbonyl (C=O) groups excluding carboxylic acids is 2. The van der Waals surface area contributed by atoms with Crippen molar-refractivity contribution in [2.45, 2.75) is 6.54 Å². The van der Waals surface area contributed by atoms with Gasteiger partial charge in [-0.3, -0.25) is 9.78 Å². The Labute approximate surface area is 127 Å². The molecule has 1 amide bonds. The maximum absolute atomic E-state index is 12.6. The quantitative estimate of drug-likeness (QED) is 0.643. The van der Waals surface area contributed by atoms with E-state index in [0.717, 1.165) is 16.8 Å². The van der Waals surface area contributed by atoms with Gasteiger partial charge in [-0.15, -0.1) is 0 Å². The van der Waals surface area contributed by atoms with Crippen molar-refractivity contribution in [3.8, 4) is 0 Å². The first kappa shape index (κ1) is 14.0. The molecule has 0 radical (unpaired) electrons. The van der Waals surface area contributed by atoms with Crippen LogP contribution in [0, 0.1) is 0 Å². The van der Waals surface area contributed by atoms with E-state index in [0.29, 0.717) is 12.1 Å². The van der Waals surface area contributed by atoms with E-state index in [1.54, 1.807) is 17.3 Å². The van der Waals surface area contributed by atoms with E-state index >= 15 is 0 Å². The zero-order valence-electron chi connectivity index (χ0n) is 12.0. The Hall–Kier alpha value is -2.95. The van der Waals surface area contributed by atoms with E-state index < -0.39 is 5.97 Å². The Balaban J connectivity index is 2.01. The van der Waals surface area contributed by atoms with Gasteiger partial charge in [-0.1, -0.05) is 24.3 Å².